The second-order valence-electron chi connectivity index (χ2n) is 4.82. The minimum absolute atomic E-state index is 0. The van der Waals surface area contributed by atoms with Crippen molar-refractivity contribution in [1.82, 2.24) is 20.1 Å². The van der Waals surface area contributed by atoms with E-state index in [0.717, 1.165) is 11.8 Å². The normalized spacial score (nSPS) is 11.8. The number of aromatic nitrogens is 3. The lowest BCUT2D eigenvalue weighted by molar-refractivity contribution is -0.118. The highest BCUT2D eigenvalue weighted by atomic mass is 35.5. The quantitative estimate of drug-likeness (QED) is 0.780. The average Bonchev–Trinajstić information content (AvgIpc) is 2.85. The van der Waals surface area contributed by atoms with Crippen molar-refractivity contribution >= 4 is 46.2 Å². The Kier molecular flexibility index (Phi) is 8.35. The van der Waals surface area contributed by atoms with E-state index in [1.165, 1.54) is 18.3 Å². The number of anilines is 1. The Bertz CT molecular complexity index is 777. The molecule has 1 amide bonds. The van der Waals surface area contributed by atoms with Crippen molar-refractivity contribution in [2.45, 2.75) is 11.1 Å². The van der Waals surface area contributed by atoms with E-state index in [0.29, 0.717) is 5.69 Å². The molecule has 2 heterocycles. The number of carbonyl (C=O) groups is 1. The predicted octanol–water partition coefficient (Wildman–Crippen LogP) is 0.961. The van der Waals surface area contributed by atoms with Gasteiger partial charge in [0, 0.05) is 25.1 Å². The number of rotatable bonds is 5. The topological polar surface area (TPSA) is 106 Å². The molecule has 0 saturated carbocycles. The fourth-order valence-corrected chi connectivity index (χ4v) is 2.49. The van der Waals surface area contributed by atoms with Gasteiger partial charge < -0.3 is 10.6 Å². The summed E-state index contributed by atoms with van der Waals surface area (Å²) in [5.41, 5.74) is 1.14. The van der Waals surface area contributed by atoms with E-state index >= 15 is 0 Å². The Morgan fingerprint density at radius 3 is 2.33 bits per heavy atom. The molecule has 0 saturated heterocycles. The number of sulfone groups is 1. The summed E-state index contributed by atoms with van der Waals surface area (Å²) < 4.78 is 24.3. The molecular formula is C13H19Cl2N5O3S. The molecule has 0 spiro atoms. The van der Waals surface area contributed by atoms with Crippen LogP contribution < -0.4 is 10.6 Å². The lowest BCUT2D eigenvalue weighted by atomic mass is 10.1. The van der Waals surface area contributed by atoms with Crippen LogP contribution in [0.5, 0.6) is 0 Å². The van der Waals surface area contributed by atoms with Crippen LogP contribution >= 0.6 is 24.8 Å². The average molecular weight is 396 g/mol. The van der Waals surface area contributed by atoms with Crippen LogP contribution in [0.25, 0.3) is 0 Å². The molecular weight excluding hydrogens is 377 g/mol. The van der Waals surface area contributed by atoms with Crippen LogP contribution in [0.1, 0.15) is 11.6 Å². The maximum absolute atomic E-state index is 12.3. The Morgan fingerprint density at radius 1 is 1.25 bits per heavy atom. The number of halogens is 2. The Morgan fingerprint density at radius 2 is 1.92 bits per heavy atom. The van der Waals surface area contributed by atoms with E-state index in [2.05, 4.69) is 20.7 Å². The first-order valence-corrected chi connectivity index (χ1v) is 8.33. The zero-order valence-corrected chi connectivity index (χ0v) is 15.7. The number of nitrogens with zero attached hydrogens (tertiary/aromatic N) is 3. The summed E-state index contributed by atoms with van der Waals surface area (Å²) in [4.78, 5) is 16.1. The highest BCUT2D eigenvalue weighted by Crippen LogP contribution is 2.15. The molecule has 0 bridgehead atoms. The molecule has 24 heavy (non-hydrogen) atoms. The molecule has 8 nitrogen and oxygen atoms in total. The lowest BCUT2D eigenvalue weighted by Gasteiger charge is -2.14. The first kappa shape index (κ1) is 22.3. The van der Waals surface area contributed by atoms with Gasteiger partial charge in [-0.1, -0.05) is 0 Å². The largest absolute Gasteiger partial charge is 0.323 e. The lowest BCUT2D eigenvalue weighted by Crippen LogP contribution is -2.30. The highest BCUT2D eigenvalue weighted by Gasteiger charge is 2.20. The summed E-state index contributed by atoms with van der Waals surface area (Å²) in [6.07, 6.45) is 5.73. The number of pyridine rings is 1. The van der Waals surface area contributed by atoms with Crippen molar-refractivity contribution in [2.24, 2.45) is 7.05 Å². The van der Waals surface area contributed by atoms with Gasteiger partial charge in [-0.05, 0) is 19.2 Å². The van der Waals surface area contributed by atoms with Crippen molar-refractivity contribution < 1.29 is 13.2 Å². The van der Waals surface area contributed by atoms with Gasteiger partial charge >= 0.3 is 0 Å². The van der Waals surface area contributed by atoms with Crippen molar-refractivity contribution in [2.75, 3.05) is 18.6 Å². The van der Waals surface area contributed by atoms with E-state index in [4.69, 9.17) is 0 Å². The number of carbonyl (C=O) groups excluding carboxylic acids is 1. The van der Waals surface area contributed by atoms with Gasteiger partial charge in [0.15, 0.2) is 14.9 Å². The summed E-state index contributed by atoms with van der Waals surface area (Å²) in [5.74, 6) is -0.288. The van der Waals surface area contributed by atoms with Crippen LogP contribution in [0.3, 0.4) is 0 Å². The van der Waals surface area contributed by atoms with E-state index in [1.54, 1.807) is 31.2 Å². The molecule has 2 aromatic heterocycles. The molecule has 1 atom stereocenters. The molecule has 2 aromatic rings. The van der Waals surface area contributed by atoms with Crippen molar-refractivity contribution in [3.8, 4) is 0 Å². The molecule has 0 aliphatic rings. The summed E-state index contributed by atoms with van der Waals surface area (Å²) in [6.45, 7) is 0. The maximum Gasteiger partial charge on any atom is 0.246 e. The maximum atomic E-state index is 12.3. The predicted molar refractivity (Wildman–Crippen MR) is 95.5 cm³/mol. The number of aryl methyl sites for hydroxylation is 1. The summed E-state index contributed by atoms with van der Waals surface area (Å²) >= 11 is 0. The monoisotopic (exact) mass is 395 g/mol. The first-order valence-electron chi connectivity index (χ1n) is 6.44. The third kappa shape index (κ3) is 5.45. The fourth-order valence-electron chi connectivity index (χ4n) is 1.93. The molecule has 1 unspecified atom stereocenters. The Balaban J connectivity index is 0.00000264. The van der Waals surface area contributed by atoms with Crippen LogP contribution in [0.15, 0.2) is 35.7 Å². The smallest absolute Gasteiger partial charge is 0.246 e. The Hall–Kier alpha value is -1.68. The summed E-state index contributed by atoms with van der Waals surface area (Å²) in [5, 5.41) is 9.58. The zero-order chi connectivity index (χ0) is 16.3. The van der Waals surface area contributed by atoms with Gasteiger partial charge in [0.1, 0.15) is 6.04 Å². The van der Waals surface area contributed by atoms with Gasteiger partial charge in [0.2, 0.25) is 5.91 Å². The SMILES string of the molecule is CNC(C(=O)Nc1ccc(S(C)(=O)=O)nc1)c1cnn(C)c1.Cl.Cl. The van der Waals surface area contributed by atoms with Crippen LogP contribution in [0, 0.1) is 0 Å². The highest BCUT2D eigenvalue weighted by molar-refractivity contribution is 7.90. The van der Waals surface area contributed by atoms with Crippen LogP contribution in [0.2, 0.25) is 0 Å². The molecule has 0 aromatic carbocycles. The summed E-state index contributed by atoms with van der Waals surface area (Å²) in [6, 6.07) is 2.28. The molecule has 134 valence electrons. The van der Waals surface area contributed by atoms with E-state index in [1.807, 2.05) is 0 Å². The summed E-state index contributed by atoms with van der Waals surface area (Å²) in [7, 11) is 0.0783. The van der Waals surface area contributed by atoms with Crippen molar-refractivity contribution in [3.63, 3.8) is 0 Å². The van der Waals surface area contributed by atoms with Crippen molar-refractivity contribution in [1.29, 1.82) is 0 Å². The molecule has 0 aliphatic heterocycles. The molecule has 2 rings (SSSR count). The van der Waals surface area contributed by atoms with Gasteiger partial charge in [0.25, 0.3) is 0 Å². The van der Waals surface area contributed by atoms with Gasteiger partial charge in [-0.3, -0.25) is 9.48 Å². The van der Waals surface area contributed by atoms with Crippen LogP contribution in [-0.4, -0.2) is 42.4 Å². The van der Waals surface area contributed by atoms with Gasteiger partial charge in [-0.15, -0.1) is 24.8 Å². The molecule has 2 N–H and O–H groups in total. The third-order valence-electron chi connectivity index (χ3n) is 2.99. The van der Waals surface area contributed by atoms with E-state index in [-0.39, 0.29) is 35.7 Å². The first-order chi connectivity index (χ1) is 10.3. The third-order valence-corrected chi connectivity index (χ3v) is 3.99. The minimum atomic E-state index is -3.36. The molecule has 11 heteroatoms. The second kappa shape index (κ2) is 8.97. The zero-order valence-electron chi connectivity index (χ0n) is 13.3. The molecule has 0 aliphatic carbocycles. The number of nitrogens with one attached hydrogen (secondary N) is 2. The molecule has 0 fully saturated rings. The Labute approximate surface area is 152 Å². The van der Waals surface area contributed by atoms with Gasteiger partial charge in [-0.25, -0.2) is 13.4 Å². The number of hydrogen-bond donors (Lipinski definition) is 2. The van der Waals surface area contributed by atoms with Crippen molar-refractivity contribution in [3.05, 3.63) is 36.3 Å². The van der Waals surface area contributed by atoms with Crippen LogP contribution in [-0.2, 0) is 21.7 Å². The standard InChI is InChI=1S/C13H17N5O3S.2ClH/c1-14-12(9-6-16-18(2)8-9)13(19)17-10-4-5-11(15-7-10)22(3,20)21;;/h4-8,12,14H,1-3H3,(H,17,19);2*1H. The minimum Gasteiger partial charge on any atom is -0.323 e. The van der Waals surface area contributed by atoms with E-state index in [9.17, 15) is 13.2 Å². The second-order valence-corrected chi connectivity index (χ2v) is 6.78. The van der Waals surface area contributed by atoms with Gasteiger partial charge in [0.05, 0.1) is 18.1 Å². The number of likely N-dealkylation sites (N-methyl/N-ethyl adjacent to an activating group) is 1. The fraction of sp³-hybridized carbons (Fsp3) is 0.308. The van der Waals surface area contributed by atoms with Gasteiger partial charge in [-0.2, -0.15) is 5.10 Å². The van der Waals surface area contributed by atoms with E-state index < -0.39 is 15.9 Å². The number of hydrogen-bond acceptors (Lipinski definition) is 6. The molecule has 0 radical (unpaired) electrons. The number of amides is 1. The van der Waals surface area contributed by atoms with Crippen LogP contribution in [0.4, 0.5) is 5.69 Å².